The van der Waals surface area contributed by atoms with Crippen LogP contribution in [0.25, 0.3) is 0 Å². The van der Waals surface area contributed by atoms with Crippen LogP contribution in [0.3, 0.4) is 0 Å². The summed E-state index contributed by atoms with van der Waals surface area (Å²) >= 11 is 0. The van der Waals surface area contributed by atoms with Crippen molar-refractivity contribution in [2.45, 2.75) is 38.6 Å². The van der Waals surface area contributed by atoms with Crippen LogP contribution >= 0.6 is 0 Å². The van der Waals surface area contributed by atoms with E-state index >= 15 is 0 Å². The van der Waals surface area contributed by atoms with E-state index in [4.69, 9.17) is 4.74 Å². The van der Waals surface area contributed by atoms with Crippen molar-refractivity contribution in [1.29, 1.82) is 0 Å². The Hall–Kier alpha value is -2.77. The number of piperidine rings is 1. The predicted molar refractivity (Wildman–Crippen MR) is 124 cm³/mol. The fourth-order valence-electron chi connectivity index (χ4n) is 4.01. The van der Waals surface area contributed by atoms with Gasteiger partial charge in [0.2, 0.25) is 5.91 Å². The maximum atomic E-state index is 13.1. The molecule has 2 heterocycles. The van der Waals surface area contributed by atoms with E-state index in [1.807, 2.05) is 18.2 Å². The van der Waals surface area contributed by atoms with E-state index in [9.17, 15) is 9.59 Å². The summed E-state index contributed by atoms with van der Waals surface area (Å²) in [5, 5.41) is 9.87. The molecular weight excluding hydrogens is 404 g/mol. The van der Waals surface area contributed by atoms with Crippen LogP contribution in [0.2, 0.25) is 0 Å². The molecule has 1 aliphatic heterocycles. The minimum atomic E-state index is -0.525. The molecule has 0 saturated carbocycles. The van der Waals surface area contributed by atoms with Gasteiger partial charge in [0.15, 0.2) is 0 Å². The van der Waals surface area contributed by atoms with Crippen LogP contribution in [0.4, 0.5) is 0 Å². The summed E-state index contributed by atoms with van der Waals surface area (Å²) in [5.74, 6) is 0.205. The highest BCUT2D eigenvalue weighted by Crippen LogP contribution is 2.19. The molecule has 1 amide bonds. The number of benzene rings is 1. The number of hydrogen-bond acceptors (Lipinski definition) is 6. The Balaban J connectivity index is 1.64. The van der Waals surface area contributed by atoms with E-state index in [0.717, 1.165) is 43.6 Å². The first-order chi connectivity index (χ1) is 15.7. The Kier molecular flexibility index (Phi) is 9.65. The standard InChI is InChI=1S/C25H34N4O3/c1-2-32-25(31)22-5-3-4-21(18-22)23(28-16-10-19-6-12-26-13-7-19)24(30)29-17-11-20-8-14-27-15-9-20/h3-5,8-9,14-15,18-19,23,26,28H,2,6-7,10-13,16-17H2,1H3,(H,29,30). The minimum Gasteiger partial charge on any atom is -0.462 e. The molecule has 3 rings (SSSR count). The third-order valence-corrected chi connectivity index (χ3v) is 5.82. The number of carbonyl (C=O) groups excluding carboxylic acids is 2. The van der Waals surface area contributed by atoms with Crippen LogP contribution in [0.1, 0.15) is 53.7 Å². The minimum absolute atomic E-state index is 0.0922. The number of esters is 1. The van der Waals surface area contributed by atoms with Crippen LogP contribution < -0.4 is 16.0 Å². The third-order valence-electron chi connectivity index (χ3n) is 5.82. The summed E-state index contributed by atoms with van der Waals surface area (Å²) in [6, 6.07) is 10.5. The van der Waals surface area contributed by atoms with E-state index in [1.54, 1.807) is 37.5 Å². The monoisotopic (exact) mass is 438 g/mol. The number of ether oxygens (including phenoxy) is 1. The summed E-state index contributed by atoms with van der Waals surface area (Å²) in [7, 11) is 0. The predicted octanol–water partition coefficient (Wildman–Crippen LogP) is 2.64. The number of nitrogens with zero attached hydrogens (tertiary/aromatic N) is 1. The van der Waals surface area contributed by atoms with Gasteiger partial charge in [-0.1, -0.05) is 12.1 Å². The second-order valence-corrected chi connectivity index (χ2v) is 8.11. The molecule has 1 aromatic carbocycles. The largest absolute Gasteiger partial charge is 0.462 e. The lowest BCUT2D eigenvalue weighted by atomic mass is 9.94. The molecular formula is C25H34N4O3. The molecule has 1 saturated heterocycles. The normalized spacial score (nSPS) is 15.2. The van der Waals surface area contributed by atoms with Gasteiger partial charge < -0.3 is 20.7 Å². The van der Waals surface area contributed by atoms with Crippen molar-refractivity contribution in [3.05, 3.63) is 65.5 Å². The van der Waals surface area contributed by atoms with Gasteiger partial charge in [0, 0.05) is 18.9 Å². The molecule has 7 heteroatoms. The number of aromatic nitrogens is 1. The number of carbonyl (C=O) groups is 2. The summed E-state index contributed by atoms with van der Waals surface area (Å²) in [4.78, 5) is 29.3. The SMILES string of the molecule is CCOC(=O)c1cccc(C(NCCC2CCNCC2)C(=O)NCCc2ccncc2)c1. The molecule has 32 heavy (non-hydrogen) atoms. The van der Waals surface area contributed by atoms with Crippen LogP contribution in [-0.2, 0) is 16.0 Å². The Morgan fingerprint density at radius 3 is 2.69 bits per heavy atom. The molecule has 1 aromatic heterocycles. The molecule has 0 aliphatic carbocycles. The van der Waals surface area contributed by atoms with Gasteiger partial charge in [-0.15, -0.1) is 0 Å². The van der Waals surface area contributed by atoms with Crippen molar-refractivity contribution in [2.24, 2.45) is 5.92 Å². The molecule has 2 aromatic rings. The Labute approximate surface area is 190 Å². The van der Waals surface area contributed by atoms with E-state index in [-0.39, 0.29) is 11.9 Å². The van der Waals surface area contributed by atoms with Gasteiger partial charge in [-0.2, -0.15) is 0 Å². The zero-order valence-corrected chi connectivity index (χ0v) is 18.8. The van der Waals surface area contributed by atoms with Crippen molar-refractivity contribution >= 4 is 11.9 Å². The topological polar surface area (TPSA) is 92.4 Å². The fourth-order valence-corrected chi connectivity index (χ4v) is 4.01. The van der Waals surface area contributed by atoms with Gasteiger partial charge >= 0.3 is 5.97 Å². The molecule has 0 radical (unpaired) electrons. The highest BCUT2D eigenvalue weighted by atomic mass is 16.5. The lowest BCUT2D eigenvalue weighted by Gasteiger charge is -2.24. The van der Waals surface area contributed by atoms with Crippen LogP contribution in [0.5, 0.6) is 0 Å². The first kappa shape index (κ1) is 23.9. The van der Waals surface area contributed by atoms with Crippen molar-refractivity contribution < 1.29 is 14.3 Å². The Bertz CT molecular complexity index is 853. The molecule has 1 unspecified atom stereocenters. The van der Waals surface area contributed by atoms with Crippen LogP contribution in [0, 0.1) is 5.92 Å². The van der Waals surface area contributed by atoms with Gasteiger partial charge in [0.25, 0.3) is 0 Å². The van der Waals surface area contributed by atoms with E-state index in [0.29, 0.717) is 24.6 Å². The van der Waals surface area contributed by atoms with E-state index in [2.05, 4.69) is 20.9 Å². The number of rotatable bonds is 11. The van der Waals surface area contributed by atoms with Gasteiger partial charge in [-0.25, -0.2) is 4.79 Å². The highest BCUT2D eigenvalue weighted by Gasteiger charge is 2.22. The highest BCUT2D eigenvalue weighted by molar-refractivity contribution is 5.90. The molecule has 1 aliphatic rings. The first-order valence-corrected chi connectivity index (χ1v) is 11.5. The number of hydrogen-bond donors (Lipinski definition) is 3. The number of nitrogens with one attached hydrogen (secondary N) is 3. The average molecular weight is 439 g/mol. The quantitative estimate of drug-likeness (QED) is 0.467. The summed E-state index contributed by atoms with van der Waals surface area (Å²) in [6.07, 6.45) is 7.61. The van der Waals surface area contributed by atoms with E-state index in [1.165, 1.54) is 12.8 Å². The van der Waals surface area contributed by atoms with Crippen molar-refractivity contribution in [3.8, 4) is 0 Å². The second kappa shape index (κ2) is 12.9. The molecule has 1 fully saturated rings. The Morgan fingerprint density at radius 2 is 1.94 bits per heavy atom. The van der Waals surface area contributed by atoms with Gasteiger partial charge in [-0.05, 0) is 93.6 Å². The summed E-state index contributed by atoms with van der Waals surface area (Å²) in [5.41, 5.74) is 2.35. The molecule has 172 valence electrons. The summed E-state index contributed by atoms with van der Waals surface area (Å²) < 4.78 is 5.13. The smallest absolute Gasteiger partial charge is 0.338 e. The molecule has 1 atom stereocenters. The molecule has 3 N–H and O–H groups in total. The van der Waals surface area contributed by atoms with Crippen LogP contribution in [-0.4, -0.2) is 49.6 Å². The van der Waals surface area contributed by atoms with Crippen molar-refractivity contribution in [2.75, 3.05) is 32.8 Å². The van der Waals surface area contributed by atoms with Gasteiger partial charge in [-0.3, -0.25) is 9.78 Å². The average Bonchev–Trinajstić information content (AvgIpc) is 2.83. The lowest BCUT2D eigenvalue weighted by molar-refractivity contribution is -0.123. The first-order valence-electron chi connectivity index (χ1n) is 11.5. The van der Waals surface area contributed by atoms with Crippen molar-refractivity contribution in [3.63, 3.8) is 0 Å². The zero-order chi connectivity index (χ0) is 22.6. The summed E-state index contributed by atoms with van der Waals surface area (Å²) in [6.45, 7) is 5.50. The van der Waals surface area contributed by atoms with Crippen molar-refractivity contribution in [1.82, 2.24) is 20.9 Å². The Morgan fingerprint density at radius 1 is 1.16 bits per heavy atom. The fraction of sp³-hybridized carbons (Fsp3) is 0.480. The van der Waals surface area contributed by atoms with Crippen LogP contribution in [0.15, 0.2) is 48.8 Å². The van der Waals surface area contributed by atoms with E-state index < -0.39 is 6.04 Å². The molecule has 0 bridgehead atoms. The van der Waals surface area contributed by atoms with Gasteiger partial charge in [0.1, 0.15) is 6.04 Å². The third kappa shape index (κ3) is 7.43. The molecule has 0 spiro atoms. The maximum Gasteiger partial charge on any atom is 0.338 e. The van der Waals surface area contributed by atoms with Gasteiger partial charge in [0.05, 0.1) is 12.2 Å². The zero-order valence-electron chi connectivity index (χ0n) is 18.8. The number of amides is 1. The lowest BCUT2D eigenvalue weighted by Crippen LogP contribution is -2.39. The number of pyridine rings is 1. The molecule has 7 nitrogen and oxygen atoms in total. The second-order valence-electron chi connectivity index (χ2n) is 8.11. The maximum absolute atomic E-state index is 13.1.